The van der Waals surface area contributed by atoms with Gasteiger partial charge in [-0.15, -0.1) is 0 Å². The zero-order chi connectivity index (χ0) is 14.0. The van der Waals surface area contributed by atoms with Crippen LogP contribution >= 0.6 is 11.8 Å². The molecule has 110 valence electrons. The molecule has 0 amide bonds. The Morgan fingerprint density at radius 2 is 2.05 bits per heavy atom. The highest BCUT2D eigenvalue weighted by Gasteiger charge is 2.41. The molecular formula is C16H22O3S. The van der Waals surface area contributed by atoms with Gasteiger partial charge in [0.1, 0.15) is 6.10 Å². The van der Waals surface area contributed by atoms with Gasteiger partial charge < -0.3 is 14.6 Å². The Morgan fingerprint density at radius 1 is 1.30 bits per heavy atom. The maximum absolute atomic E-state index is 10.1. The van der Waals surface area contributed by atoms with Gasteiger partial charge in [0, 0.05) is 12.0 Å². The van der Waals surface area contributed by atoms with Crippen molar-refractivity contribution in [2.45, 2.75) is 43.8 Å². The van der Waals surface area contributed by atoms with Crippen LogP contribution in [0.1, 0.15) is 31.2 Å². The monoisotopic (exact) mass is 294 g/mol. The van der Waals surface area contributed by atoms with E-state index >= 15 is 0 Å². The molecule has 0 aromatic heterocycles. The van der Waals surface area contributed by atoms with Gasteiger partial charge in [0.05, 0.1) is 12.7 Å². The molecular weight excluding hydrogens is 272 g/mol. The van der Waals surface area contributed by atoms with Gasteiger partial charge in [0.2, 0.25) is 0 Å². The Hall–Kier alpha value is -0.870. The Balaban J connectivity index is 1.76. The van der Waals surface area contributed by atoms with Gasteiger partial charge in [0.15, 0.2) is 11.5 Å². The average molecular weight is 294 g/mol. The summed E-state index contributed by atoms with van der Waals surface area (Å²) >= 11 is 1.99. The van der Waals surface area contributed by atoms with Gasteiger partial charge in [-0.2, -0.15) is 11.8 Å². The number of ether oxygens (including phenoxy) is 2. The first-order valence-electron chi connectivity index (χ1n) is 7.33. The summed E-state index contributed by atoms with van der Waals surface area (Å²) in [6.07, 6.45) is 4.93. The summed E-state index contributed by atoms with van der Waals surface area (Å²) in [7, 11) is 1.68. The number of aliphatic hydroxyl groups is 1. The van der Waals surface area contributed by atoms with E-state index in [0.29, 0.717) is 12.5 Å². The van der Waals surface area contributed by atoms with Gasteiger partial charge in [0.25, 0.3) is 0 Å². The molecule has 4 heteroatoms. The average Bonchev–Trinajstić information content (AvgIpc) is 3.18. The Kier molecular flexibility index (Phi) is 4.13. The Labute approximate surface area is 124 Å². The Morgan fingerprint density at radius 3 is 2.70 bits per heavy atom. The molecule has 0 radical (unpaired) electrons. The molecule has 1 heterocycles. The van der Waals surface area contributed by atoms with E-state index in [0.717, 1.165) is 42.7 Å². The number of hydrogen-bond acceptors (Lipinski definition) is 4. The third-order valence-electron chi connectivity index (χ3n) is 4.07. The van der Waals surface area contributed by atoms with Crippen LogP contribution in [0.5, 0.6) is 11.5 Å². The number of benzene rings is 1. The van der Waals surface area contributed by atoms with Crippen LogP contribution in [0.2, 0.25) is 0 Å². The summed E-state index contributed by atoms with van der Waals surface area (Å²) in [5.74, 6) is 3.97. The smallest absolute Gasteiger partial charge is 0.164 e. The lowest BCUT2D eigenvalue weighted by Crippen LogP contribution is -2.22. The lowest BCUT2D eigenvalue weighted by molar-refractivity contribution is 0.148. The minimum atomic E-state index is -0.507. The second-order valence-electron chi connectivity index (χ2n) is 5.78. The highest BCUT2D eigenvalue weighted by Crippen LogP contribution is 2.42. The molecule has 1 aromatic carbocycles. The highest BCUT2D eigenvalue weighted by molar-refractivity contribution is 7.99. The lowest BCUT2D eigenvalue weighted by Gasteiger charge is -2.24. The summed E-state index contributed by atoms with van der Waals surface area (Å²) < 4.78 is 11.7. The summed E-state index contributed by atoms with van der Waals surface area (Å²) in [5.41, 5.74) is 0.545. The van der Waals surface area contributed by atoms with Crippen molar-refractivity contribution in [3.05, 3.63) is 23.8 Å². The van der Waals surface area contributed by atoms with Crippen LogP contribution in [-0.2, 0) is 6.42 Å². The molecule has 3 nitrogen and oxygen atoms in total. The highest BCUT2D eigenvalue weighted by atomic mass is 32.2. The molecule has 2 aliphatic rings. The van der Waals surface area contributed by atoms with Crippen LogP contribution in [0, 0.1) is 0 Å². The molecule has 1 saturated carbocycles. The van der Waals surface area contributed by atoms with Gasteiger partial charge in [-0.05, 0) is 43.3 Å². The van der Waals surface area contributed by atoms with E-state index in [4.69, 9.17) is 9.47 Å². The van der Waals surface area contributed by atoms with Crippen molar-refractivity contribution in [2.24, 2.45) is 0 Å². The molecule has 1 N–H and O–H groups in total. The van der Waals surface area contributed by atoms with Crippen LogP contribution < -0.4 is 9.47 Å². The fourth-order valence-corrected chi connectivity index (χ4v) is 3.74. The normalized spacial score (nSPS) is 21.5. The standard InChI is InChI=1S/C16H22O3S/c1-18-15-12(11-16(17)7-8-16)3-2-4-14(15)19-13-5-9-20-10-6-13/h2-4,13,17H,5-11H2,1H3. The topological polar surface area (TPSA) is 38.7 Å². The zero-order valence-electron chi connectivity index (χ0n) is 11.9. The second-order valence-corrected chi connectivity index (χ2v) is 7.00. The number of hydrogen-bond donors (Lipinski definition) is 1. The molecule has 2 fully saturated rings. The summed E-state index contributed by atoms with van der Waals surface area (Å²) in [6.45, 7) is 0. The second kappa shape index (κ2) is 5.86. The third kappa shape index (κ3) is 3.23. The van der Waals surface area contributed by atoms with Crippen molar-refractivity contribution in [2.75, 3.05) is 18.6 Å². The lowest BCUT2D eigenvalue weighted by atomic mass is 10.0. The molecule has 0 unspecified atom stereocenters. The molecule has 0 bridgehead atoms. The van der Waals surface area contributed by atoms with Crippen molar-refractivity contribution in [1.82, 2.24) is 0 Å². The van der Waals surface area contributed by atoms with Crippen molar-refractivity contribution >= 4 is 11.8 Å². The van der Waals surface area contributed by atoms with Crippen LogP contribution in [0.25, 0.3) is 0 Å². The number of thioether (sulfide) groups is 1. The minimum Gasteiger partial charge on any atom is -0.493 e. The van der Waals surface area contributed by atoms with E-state index in [1.165, 1.54) is 11.5 Å². The third-order valence-corrected chi connectivity index (χ3v) is 5.12. The quantitative estimate of drug-likeness (QED) is 0.906. The summed E-state index contributed by atoms with van der Waals surface area (Å²) in [4.78, 5) is 0. The zero-order valence-corrected chi connectivity index (χ0v) is 12.7. The van der Waals surface area contributed by atoms with Crippen LogP contribution in [0.15, 0.2) is 18.2 Å². The van der Waals surface area contributed by atoms with Crippen molar-refractivity contribution in [3.8, 4) is 11.5 Å². The predicted octanol–water partition coefficient (Wildman–Crippen LogP) is 3.04. The Bertz CT molecular complexity index is 465. The van der Waals surface area contributed by atoms with E-state index in [1.807, 2.05) is 30.0 Å². The van der Waals surface area contributed by atoms with Gasteiger partial charge in [-0.3, -0.25) is 0 Å². The molecule has 0 atom stereocenters. The largest absolute Gasteiger partial charge is 0.493 e. The maximum atomic E-state index is 10.1. The van der Waals surface area contributed by atoms with E-state index in [-0.39, 0.29) is 0 Å². The van der Waals surface area contributed by atoms with Crippen LogP contribution in [-0.4, -0.2) is 35.4 Å². The van der Waals surface area contributed by atoms with Crippen molar-refractivity contribution < 1.29 is 14.6 Å². The van der Waals surface area contributed by atoms with Crippen LogP contribution in [0.4, 0.5) is 0 Å². The fourth-order valence-electron chi connectivity index (χ4n) is 2.67. The first kappa shape index (κ1) is 14.1. The van der Waals surface area contributed by atoms with Gasteiger partial charge in [-0.1, -0.05) is 12.1 Å². The number of rotatable bonds is 5. The number of methoxy groups -OCH3 is 1. The maximum Gasteiger partial charge on any atom is 0.164 e. The first-order chi connectivity index (χ1) is 9.70. The molecule has 1 aliphatic carbocycles. The molecule has 20 heavy (non-hydrogen) atoms. The summed E-state index contributed by atoms with van der Waals surface area (Å²) in [6, 6.07) is 6.00. The van der Waals surface area contributed by atoms with E-state index < -0.39 is 5.60 Å². The van der Waals surface area contributed by atoms with Gasteiger partial charge >= 0.3 is 0 Å². The first-order valence-corrected chi connectivity index (χ1v) is 8.48. The molecule has 1 aliphatic heterocycles. The van der Waals surface area contributed by atoms with E-state index in [1.54, 1.807) is 7.11 Å². The molecule has 3 rings (SSSR count). The van der Waals surface area contributed by atoms with Gasteiger partial charge in [-0.25, -0.2) is 0 Å². The van der Waals surface area contributed by atoms with Crippen LogP contribution in [0.3, 0.4) is 0 Å². The van der Waals surface area contributed by atoms with Crippen molar-refractivity contribution in [3.63, 3.8) is 0 Å². The van der Waals surface area contributed by atoms with Crippen molar-refractivity contribution in [1.29, 1.82) is 0 Å². The van der Waals surface area contributed by atoms with E-state index in [9.17, 15) is 5.11 Å². The minimum absolute atomic E-state index is 0.296. The summed E-state index contributed by atoms with van der Waals surface area (Å²) in [5, 5.41) is 10.1. The SMILES string of the molecule is COc1c(CC2(O)CC2)cccc1OC1CCSCC1. The predicted molar refractivity (Wildman–Crippen MR) is 81.9 cm³/mol. The molecule has 0 spiro atoms. The fraction of sp³-hybridized carbons (Fsp3) is 0.625. The number of para-hydroxylation sites is 1. The molecule has 1 aromatic rings. The molecule has 1 saturated heterocycles. The van der Waals surface area contributed by atoms with E-state index in [2.05, 4.69) is 0 Å².